The number of rotatable bonds is 3. The number of carboxylic acids is 1. The zero-order valence-electron chi connectivity index (χ0n) is 9.48. The van der Waals surface area contributed by atoms with Crippen molar-refractivity contribution < 1.29 is 14.7 Å². The summed E-state index contributed by atoms with van der Waals surface area (Å²) < 4.78 is 0. The van der Waals surface area contributed by atoms with Crippen LogP contribution in [0.5, 0.6) is 0 Å². The van der Waals surface area contributed by atoms with Gasteiger partial charge in [-0.3, -0.25) is 0 Å². The number of nitrogens with zero attached hydrogens (tertiary/aromatic N) is 1. The maximum Gasteiger partial charge on any atom is 0.326 e. The second-order valence-electron chi connectivity index (χ2n) is 4.65. The lowest BCUT2D eigenvalue weighted by molar-refractivity contribution is -0.141. The van der Waals surface area contributed by atoms with Gasteiger partial charge in [0.25, 0.3) is 0 Å². The molecule has 5 heteroatoms. The molecule has 0 aromatic carbocycles. The van der Waals surface area contributed by atoms with Gasteiger partial charge in [-0.1, -0.05) is 13.3 Å². The van der Waals surface area contributed by atoms with Gasteiger partial charge >= 0.3 is 12.0 Å². The van der Waals surface area contributed by atoms with Crippen molar-refractivity contribution in [2.45, 2.75) is 44.7 Å². The number of nitrogens with one attached hydrogen (secondary N) is 1. The molecule has 0 radical (unpaired) electrons. The molecular formula is C11H18N2O3. The lowest BCUT2D eigenvalue weighted by atomic mass is 10.2. The lowest BCUT2D eigenvalue weighted by Gasteiger charge is -2.21. The van der Waals surface area contributed by atoms with E-state index in [9.17, 15) is 9.59 Å². The van der Waals surface area contributed by atoms with Crippen molar-refractivity contribution in [1.29, 1.82) is 0 Å². The summed E-state index contributed by atoms with van der Waals surface area (Å²) in [5, 5.41) is 11.9. The lowest BCUT2D eigenvalue weighted by Crippen LogP contribution is -2.46. The highest BCUT2D eigenvalue weighted by molar-refractivity contribution is 5.83. The molecule has 1 aliphatic carbocycles. The Labute approximate surface area is 94.8 Å². The fourth-order valence-electron chi connectivity index (χ4n) is 2.38. The van der Waals surface area contributed by atoms with Crippen molar-refractivity contribution in [2.75, 3.05) is 6.54 Å². The highest BCUT2D eigenvalue weighted by Crippen LogP contribution is 2.33. The minimum absolute atomic E-state index is 0.203. The molecule has 1 saturated heterocycles. The monoisotopic (exact) mass is 226 g/mol. The number of carbonyl (C=O) groups is 2. The van der Waals surface area contributed by atoms with E-state index in [1.807, 2.05) is 0 Å². The van der Waals surface area contributed by atoms with Gasteiger partial charge in [-0.2, -0.15) is 0 Å². The quantitative estimate of drug-likeness (QED) is 0.755. The third-order valence-corrected chi connectivity index (χ3v) is 3.55. The summed E-state index contributed by atoms with van der Waals surface area (Å²) in [6, 6.07) is -0.558. The van der Waals surface area contributed by atoms with Crippen LogP contribution in [0.1, 0.15) is 32.6 Å². The Kier molecular flexibility index (Phi) is 3.03. The van der Waals surface area contributed by atoms with Crippen LogP contribution in [0, 0.1) is 5.92 Å². The Balaban J connectivity index is 1.87. The van der Waals surface area contributed by atoms with Crippen molar-refractivity contribution in [3.63, 3.8) is 0 Å². The summed E-state index contributed by atoms with van der Waals surface area (Å²) in [6.07, 6.45) is 3.47. The van der Waals surface area contributed by atoms with Crippen molar-refractivity contribution in [3.05, 3.63) is 0 Å². The first-order chi connectivity index (χ1) is 7.63. The van der Waals surface area contributed by atoms with Gasteiger partial charge in [0.2, 0.25) is 0 Å². The molecule has 2 rings (SSSR count). The predicted molar refractivity (Wildman–Crippen MR) is 58.1 cm³/mol. The first-order valence-corrected chi connectivity index (χ1v) is 5.93. The van der Waals surface area contributed by atoms with Crippen LogP contribution in [0.3, 0.4) is 0 Å². The second-order valence-corrected chi connectivity index (χ2v) is 4.65. The van der Waals surface area contributed by atoms with Gasteiger partial charge in [-0.25, -0.2) is 9.59 Å². The topological polar surface area (TPSA) is 69.6 Å². The van der Waals surface area contributed by atoms with E-state index in [4.69, 9.17) is 5.11 Å². The number of carbonyl (C=O) groups excluding carboxylic acids is 1. The highest BCUT2D eigenvalue weighted by atomic mass is 16.4. The number of hydrogen-bond acceptors (Lipinski definition) is 2. The zero-order chi connectivity index (χ0) is 11.7. The van der Waals surface area contributed by atoms with E-state index in [0.717, 1.165) is 19.3 Å². The molecule has 0 aromatic heterocycles. The molecule has 2 N–H and O–H groups in total. The molecule has 1 saturated carbocycles. The molecule has 2 unspecified atom stereocenters. The van der Waals surface area contributed by atoms with E-state index in [1.54, 1.807) is 0 Å². The molecule has 0 spiro atoms. The van der Waals surface area contributed by atoms with Crippen LogP contribution in [0.4, 0.5) is 4.79 Å². The van der Waals surface area contributed by atoms with Crippen LogP contribution in [-0.4, -0.2) is 40.6 Å². The van der Waals surface area contributed by atoms with Gasteiger partial charge in [-0.15, -0.1) is 0 Å². The van der Waals surface area contributed by atoms with Gasteiger partial charge in [0.05, 0.1) is 0 Å². The van der Waals surface area contributed by atoms with Crippen LogP contribution in [-0.2, 0) is 4.79 Å². The van der Waals surface area contributed by atoms with Crippen LogP contribution in [0.15, 0.2) is 0 Å². The van der Waals surface area contributed by atoms with Gasteiger partial charge in [0.1, 0.15) is 6.04 Å². The molecule has 3 atom stereocenters. The minimum Gasteiger partial charge on any atom is -0.480 e. The smallest absolute Gasteiger partial charge is 0.326 e. The van der Waals surface area contributed by atoms with Crippen LogP contribution in [0.25, 0.3) is 0 Å². The van der Waals surface area contributed by atoms with Crippen molar-refractivity contribution >= 4 is 12.0 Å². The van der Waals surface area contributed by atoms with E-state index in [2.05, 4.69) is 12.2 Å². The molecule has 2 aliphatic rings. The molecular weight excluding hydrogens is 208 g/mol. The molecule has 1 heterocycles. The molecule has 2 fully saturated rings. The van der Waals surface area contributed by atoms with Crippen LogP contribution in [0.2, 0.25) is 0 Å². The summed E-state index contributed by atoms with van der Waals surface area (Å²) in [6.45, 7) is 2.67. The Morgan fingerprint density at radius 3 is 2.81 bits per heavy atom. The maximum absolute atomic E-state index is 11.8. The van der Waals surface area contributed by atoms with E-state index in [-0.39, 0.29) is 12.1 Å². The standard InChI is InChI=1S/C11H18N2O3/c1-2-7-6-8(7)12-11(16)13-5-3-4-9(13)10(14)15/h7-9H,2-6H2,1H3,(H,12,16)(H,14,15)/t7?,8?,9-/m1/s1. The summed E-state index contributed by atoms with van der Waals surface area (Å²) in [7, 11) is 0. The van der Waals surface area contributed by atoms with Crippen molar-refractivity contribution in [1.82, 2.24) is 10.2 Å². The largest absolute Gasteiger partial charge is 0.480 e. The van der Waals surface area contributed by atoms with Crippen molar-refractivity contribution in [3.8, 4) is 0 Å². The number of aliphatic carboxylic acids is 1. The second kappa shape index (κ2) is 4.31. The molecule has 1 aliphatic heterocycles. The number of carboxylic acid groups (broad SMARTS) is 1. The van der Waals surface area contributed by atoms with E-state index >= 15 is 0 Å². The molecule has 5 nitrogen and oxygen atoms in total. The fraction of sp³-hybridized carbons (Fsp3) is 0.818. The summed E-state index contributed by atoms with van der Waals surface area (Å²) in [5.74, 6) is -0.301. The maximum atomic E-state index is 11.8. The van der Waals surface area contributed by atoms with Gasteiger partial charge < -0.3 is 15.3 Å². The van der Waals surface area contributed by atoms with Gasteiger partial charge in [-0.05, 0) is 25.2 Å². The van der Waals surface area contributed by atoms with E-state index in [1.165, 1.54) is 4.90 Å². The Morgan fingerprint density at radius 1 is 1.50 bits per heavy atom. The average Bonchev–Trinajstić information content (AvgIpc) is 2.80. The third-order valence-electron chi connectivity index (χ3n) is 3.55. The van der Waals surface area contributed by atoms with E-state index < -0.39 is 12.0 Å². The SMILES string of the molecule is CCC1CC1NC(=O)N1CCC[C@@H]1C(=O)O. The highest BCUT2D eigenvalue weighted by Gasteiger charge is 2.40. The van der Waals surface area contributed by atoms with Crippen LogP contribution >= 0.6 is 0 Å². The first kappa shape index (κ1) is 11.2. The number of amides is 2. The van der Waals surface area contributed by atoms with Crippen molar-refractivity contribution in [2.24, 2.45) is 5.92 Å². The molecule has 90 valence electrons. The van der Waals surface area contributed by atoms with Gasteiger partial charge in [0.15, 0.2) is 0 Å². The average molecular weight is 226 g/mol. The zero-order valence-corrected chi connectivity index (χ0v) is 9.48. The fourth-order valence-corrected chi connectivity index (χ4v) is 2.38. The first-order valence-electron chi connectivity index (χ1n) is 5.93. The third kappa shape index (κ3) is 2.13. The number of hydrogen-bond donors (Lipinski definition) is 2. The molecule has 0 aromatic rings. The summed E-state index contributed by atoms with van der Waals surface area (Å²) in [4.78, 5) is 24.2. The molecule has 16 heavy (non-hydrogen) atoms. The number of likely N-dealkylation sites (tertiary alicyclic amines) is 1. The van der Waals surface area contributed by atoms with E-state index in [0.29, 0.717) is 18.9 Å². The summed E-state index contributed by atoms with van der Waals surface area (Å²) in [5.41, 5.74) is 0. The Bertz CT molecular complexity index is 306. The summed E-state index contributed by atoms with van der Waals surface area (Å²) >= 11 is 0. The predicted octanol–water partition coefficient (Wildman–Crippen LogP) is 1.04. The Hall–Kier alpha value is -1.26. The Morgan fingerprint density at radius 2 is 2.25 bits per heavy atom. The molecule has 0 bridgehead atoms. The normalized spacial score (nSPS) is 32.6. The van der Waals surface area contributed by atoms with Crippen LogP contribution < -0.4 is 5.32 Å². The molecule has 2 amide bonds. The number of urea groups is 1. The minimum atomic E-state index is -0.893. The van der Waals surface area contributed by atoms with Gasteiger partial charge in [0, 0.05) is 12.6 Å².